The van der Waals surface area contributed by atoms with Crippen LogP contribution in [0.5, 0.6) is 0 Å². The van der Waals surface area contributed by atoms with Crippen LogP contribution in [0.3, 0.4) is 0 Å². The Balaban J connectivity index is 1.66. The maximum Gasteiger partial charge on any atom is 0.283 e. The SMILES string of the molecule is C[NH+]1CCN(c2ccc([N+](=O)[O-])c(Sc3nnnn3-c3ccccc3)c2)CC1. The number of hydrogen-bond donors (Lipinski definition) is 1. The number of nitrogens with zero attached hydrogens (tertiary/aromatic N) is 6. The molecule has 0 amide bonds. The lowest BCUT2D eigenvalue weighted by Gasteiger charge is -2.31. The summed E-state index contributed by atoms with van der Waals surface area (Å²) < 4.78 is 1.58. The van der Waals surface area contributed by atoms with Crippen LogP contribution in [0.1, 0.15) is 0 Å². The van der Waals surface area contributed by atoms with Gasteiger partial charge in [0.2, 0.25) is 5.16 Å². The van der Waals surface area contributed by atoms with Crippen molar-refractivity contribution in [3.05, 3.63) is 58.6 Å². The van der Waals surface area contributed by atoms with Crippen LogP contribution < -0.4 is 9.80 Å². The molecule has 0 aliphatic carbocycles. The Morgan fingerprint density at radius 1 is 1.11 bits per heavy atom. The molecule has 0 spiro atoms. The van der Waals surface area contributed by atoms with E-state index < -0.39 is 0 Å². The molecular formula is C18H20N7O2S+. The molecule has 0 atom stereocenters. The van der Waals surface area contributed by atoms with Gasteiger partial charge in [-0.25, -0.2) is 0 Å². The Kier molecular flexibility index (Phi) is 5.22. The van der Waals surface area contributed by atoms with Gasteiger partial charge in [0.05, 0.1) is 48.7 Å². The van der Waals surface area contributed by atoms with E-state index in [1.807, 2.05) is 42.5 Å². The smallest absolute Gasteiger partial charge is 0.283 e. The third-order valence-corrected chi connectivity index (χ3v) is 5.75. The number of nitro benzene ring substituents is 1. The topological polar surface area (TPSA) is 94.4 Å². The van der Waals surface area contributed by atoms with Crippen molar-refractivity contribution in [2.45, 2.75) is 10.1 Å². The van der Waals surface area contributed by atoms with Gasteiger partial charge in [0.15, 0.2) is 0 Å². The highest BCUT2D eigenvalue weighted by Gasteiger charge is 2.23. The molecule has 0 bridgehead atoms. The molecule has 1 fully saturated rings. The van der Waals surface area contributed by atoms with Crippen LogP contribution in [-0.4, -0.2) is 58.4 Å². The van der Waals surface area contributed by atoms with E-state index in [4.69, 9.17) is 0 Å². The zero-order chi connectivity index (χ0) is 19.5. The van der Waals surface area contributed by atoms with Crippen LogP contribution in [0, 0.1) is 10.1 Å². The lowest BCUT2D eigenvalue weighted by Crippen LogP contribution is -3.12. The number of anilines is 1. The van der Waals surface area contributed by atoms with E-state index >= 15 is 0 Å². The van der Waals surface area contributed by atoms with Crippen molar-refractivity contribution < 1.29 is 9.82 Å². The standard InChI is InChI=1S/C18H19N7O2S/c1-22-9-11-23(12-10-22)15-7-8-16(25(26)27)17(13-15)28-18-19-20-21-24(18)14-5-3-2-4-6-14/h2-8,13H,9-12H2,1H3/p+1. The Morgan fingerprint density at radius 3 is 2.57 bits per heavy atom. The maximum absolute atomic E-state index is 11.6. The average molecular weight is 398 g/mol. The molecular weight excluding hydrogens is 378 g/mol. The van der Waals surface area contributed by atoms with Crippen molar-refractivity contribution in [2.24, 2.45) is 0 Å². The average Bonchev–Trinajstić information content (AvgIpc) is 3.17. The van der Waals surface area contributed by atoms with E-state index in [-0.39, 0.29) is 10.6 Å². The number of likely N-dealkylation sites (N-methyl/N-ethyl adjacent to an activating group) is 1. The van der Waals surface area contributed by atoms with E-state index in [2.05, 4.69) is 27.5 Å². The van der Waals surface area contributed by atoms with Crippen LogP contribution in [0.25, 0.3) is 5.69 Å². The molecule has 0 radical (unpaired) electrons. The molecule has 2 aromatic carbocycles. The Morgan fingerprint density at radius 2 is 1.86 bits per heavy atom. The molecule has 144 valence electrons. The van der Waals surface area contributed by atoms with E-state index in [9.17, 15) is 10.1 Å². The zero-order valence-corrected chi connectivity index (χ0v) is 16.2. The summed E-state index contributed by atoms with van der Waals surface area (Å²) in [7, 11) is 2.18. The lowest BCUT2D eigenvalue weighted by molar-refractivity contribution is -0.880. The van der Waals surface area contributed by atoms with Gasteiger partial charge in [0.1, 0.15) is 0 Å². The van der Waals surface area contributed by atoms with Gasteiger partial charge in [0, 0.05) is 11.8 Å². The minimum Gasteiger partial charge on any atom is -0.360 e. The van der Waals surface area contributed by atoms with E-state index in [1.54, 1.807) is 10.7 Å². The molecule has 1 aliphatic rings. The molecule has 1 saturated heterocycles. The molecule has 4 rings (SSSR count). The third kappa shape index (κ3) is 3.82. The summed E-state index contributed by atoms with van der Waals surface area (Å²) in [6, 6.07) is 14.7. The number of quaternary nitrogens is 1. The molecule has 1 aromatic heterocycles. The summed E-state index contributed by atoms with van der Waals surface area (Å²) in [6.07, 6.45) is 0. The van der Waals surface area contributed by atoms with Gasteiger partial charge in [0.25, 0.3) is 5.69 Å². The second-order valence-corrected chi connectivity index (χ2v) is 7.67. The molecule has 2 heterocycles. The Labute approximate surface area is 166 Å². The molecule has 9 nitrogen and oxygen atoms in total. The first-order valence-electron chi connectivity index (χ1n) is 8.98. The molecule has 0 unspecified atom stereocenters. The van der Waals surface area contributed by atoms with Gasteiger partial charge in [-0.05, 0) is 46.5 Å². The number of benzene rings is 2. The summed E-state index contributed by atoms with van der Waals surface area (Å²) in [5.41, 5.74) is 1.84. The van der Waals surface area contributed by atoms with E-state index in [0.29, 0.717) is 10.1 Å². The van der Waals surface area contributed by atoms with Crippen molar-refractivity contribution in [2.75, 3.05) is 38.1 Å². The molecule has 1 N–H and O–H groups in total. The van der Waals surface area contributed by atoms with Crippen molar-refractivity contribution in [3.8, 4) is 5.69 Å². The van der Waals surface area contributed by atoms with Gasteiger partial charge in [-0.3, -0.25) is 10.1 Å². The Hall–Kier alpha value is -2.98. The normalized spacial score (nSPS) is 15.0. The van der Waals surface area contributed by atoms with Gasteiger partial charge >= 0.3 is 0 Å². The van der Waals surface area contributed by atoms with Crippen LogP contribution in [0.15, 0.2) is 58.6 Å². The van der Waals surface area contributed by atoms with Crippen molar-refractivity contribution in [3.63, 3.8) is 0 Å². The van der Waals surface area contributed by atoms with Gasteiger partial charge in [-0.15, -0.1) is 5.10 Å². The number of piperazine rings is 1. The highest BCUT2D eigenvalue weighted by Crippen LogP contribution is 2.37. The highest BCUT2D eigenvalue weighted by molar-refractivity contribution is 7.99. The van der Waals surface area contributed by atoms with Crippen LogP contribution in [0.2, 0.25) is 0 Å². The highest BCUT2D eigenvalue weighted by atomic mass is 32.2. The van der Waals surface area contributed by atoms with Crippen LogP contribution in [-0.2, 0) is 0 Å². The predicted octanol–water partition coefficient (Wildman–Crippen LogP) is 1.06. The first kappa shape index (κ1) is 18.4. The lowest BCUT2D eigenvalue weighted by atomic mass is 10.2. The quantitative estimate of drug-likeness (QED) is 0.507. The summed E-state index contributed by atoms with van der Waals surface area (Å²) in [4.78, 5) is 15.5. The summed E-state index contributed by atoms with van der Waals surface area (Å²) >= 11 is 1.20. The third-order valence-electron chi connectivity index (χ3n) is 4.77. The van der Waals surface area contributed by atoms with Crippen molar-refractivity contribution in [1.29, 1.82) is 0 Å². The molecule has 28 heavy (non-hydrogen) atoms. The summed E-state index contributed by atoms with van der Waals surface area (Å²) in [6.45, 7) is 3.95. The summed E-state index contributed by atoms with van der Waals surface area (Å²) in [5.74, 6) is 0. The molecule has 1 aliphatic heterocycles. The number of hydrogen-bond acceptors (Lipinski definition) is 7. The number of tetrazole rings is 1. The fourth-order valence-corrected chi connectivity index (χ4v) is 4.08. The summed E-state index contributed by atoms with van der Waals surface area (Å²) in [5, 5.41) is 23.9. The molecule has 3 aromatic rings. The van der Waals surface area contributed by atoms with Crippen LogP contribution >= 0.6 is 11.8 Å². The van der Waals surface area contributed by atoms with Crippen molar-refractivity contribution >= 4 is 23.1 Å². The zero-order valence-electron chi connectivity index (χ0n) is 15.4. The second kappa shape index (κ2) is 7.95. The predicted molar refractivity (Wildman–Crippen MR) is 105 cm³/mol. The van der Waals surface area contributed by atoms with Gasteiger partial charge in [-0.1, -0.05) is 18.2 Å². The van der Waals surface area contributed by atoms with E-state index in [0.717, 1.165) is 37.6 Å². The van der Waals surface area contributed by atoms with Gasteiger partial charge in [-0.2, -0.15) is 4.68 Å². The maximum atomic E-state index is 11.6. The van der Waals surface area contributed by atoms with Crippen molar-refractivity contribution in [1.82, 2.24) is 20.2 Å². The number of rotatable bonds is 5. The first-order valence-corrected chi connectivity index (χ1v) is 9.80. The largest absolute Gasteiger partial charge is 0.360 e. The Bertz CT molecular complexity index is 971. The number of nitrogens with one attached hydrogen (secondary N) is 1. The second-order valence-electron chi connectivity index (χ2n) is 6.66. The van der Waals surface area contributed by atoms with Crippen LogP contribution in [0.4, 0.5) is 11.4 Å². The minimum atomic E-state index is -0.364. The van der Waals surface area contributed by atoms with E-state index in [1.165, 1.54) is 16.7 Å². The fourth-order valence-electron chi connectivity index (χ4n) is 3.15. The molecule has 10 heteroatoms. The monoisotopic (exact) mass is 398 g/mol. The molecule has 0 saturated carbocycles. The number of nitro groups is 1. The fraction of sp³-hybridized carbons (Fsp3) is 0.278. The number of para-hydroxylation sites is 1. The minimum absolute atomic E-state index is 0.0520. The first-order chi connectivity index (χ1) is 13.6. The van der Waals surface area contributed by atoms with Gasteiger partial charge < -0.3 is 9.80 Å². The number of aromatic nitrogens is 4.